The van der Waals surface area contributed by atoms with Crippen LogP contribution in [0.4, 0.5) is 21.6 Å². The predicted molar refractivity (Wildman–Crippen MR) is 95.5 cm³/mol. The number of carbonyl (C=O) groups excluding carboxylic acids is 1. The van der Waals surface area contributed by atoms with E-state index in [0.29, 0.717) is 12.4 Å². The molecule has 1 amide bonds. The fraction of sp³-hybridized carbons (Fsp3) is 0.105. The van der Waals surface area contributed by atoms with Crippen LogP contribution in [0.15, 0.2) is 67.0 Å². The summed E-state index contributed by atoms with van der Waals surface area (Å²) < 4.78 is 13.8. The number of amides is 1. The monoisotopic (exact) mass is 336 g/mol. The Morgan fingerprint density at radius 1 is 1.08 bits per heavy atom. The zero-order valence-electron chi connectivity index (χ0n) is 13.7. The van der Waals surface area contributed by atoms with E-state index in [4.69, 9.17) is 0 Å². The molecule has 6 heteroatoms. The first-order valence-corrected chi connectivity index (χ1v) is 7.89. The Morgan fingerprint density at radius 2 is 1.80 bits per heavy atom. The highest BCUT2D eigenvalue weighted by Crippen LogP contribution is 2.20. The van der Waals surface area contributed by atoms with Crippen LogP contribution in [0.25, 0.3) is 0 Å². The van der Waals surface area contributed by atoms with Crippen molar-refractivity contribution in [2.24, 2.45) is 0 Å². The molecule has 0 aliphatic rings. The second-order valence-corrected chi connectivity index (χ2v) is 5.28. The Labute approximate surface area is 145 Å². The zero-order valence-corrected chi connectivity index (χ0v) is 13.7. The Balaban J connectivity index is 1.85. The highest BCUT2D eigenvalue weighted by molar-refractivity contribution is 6.05. The van der Waals surface area contributed by atoms with Gasteiger partial charge in [0.05, 0.1) is 5.69 Å². The molecular formula is C19H17FN4O. The van der Waals surface area contributed by atoms with Crippen LogP contribution < -0.4 is 10.2 Å². The number of rotatable bonds is 5. The molecule has 1 heterocycles. The third-order valence-corrected chi connectivity index (χ3v) is 3.65. The van der Waals surface area contributed by atoms with Gasteiger partial charge in [0, 0.05) is 18.3 Å². The molecule has 0 unspecified atom stereocenters. The molecule has 3 rings (SSSR count). The molecule has 0 aliphatic heterocycles. The van der Waals surface area contributed by atoms with Crippen LogP contribution in [0.3, 0.4) is 0 Å². The fourth-order valence-electron chi connectivity index (χ4n) is 2.43. The molecule has 0 aliphatic carbocycles. The summed E-state index contributed by atoms with van der Waals surface area (Å²) in [6.07, 6.45) is 1.29. The smallest absolute Gasteiger partial charge is 0.277 e. The van der Waals surface area contributed by atoms with Gasteiger partial charge in [0.25, 0.3) is 5.91 Å². The minimum atomic E-state index is -0.395. The highest BCUT2D eigenvalue weighted by atomic mass is 19.1. The lowest BCUT2D eigenvalue weighted by atomic mass is 10.2. The summed E-state index contributed by atoms with van der Waals surface area (Å²) >= 11 is 0. The number of halogens is 1. The molecule has 0 bridgehead atoms. The number of nitrogens with one attached hydrogen (secondary N) is 1. The summed E-state index contributed by atoms with van der Waals surface area (Å²) in [5.74, 6) is -0.284. The van der Waals surface area contributed by atoms with Gasteiger partial charge in [-0.15, -0.1) is 0 Å². The van der Waals surface area contributed by atoms with Crippen LogP contribution in [0.5, 0.6) is 0 Å². The summed E-state index contributed by atoms with van der Waals surface area (Å²) in [5, 5.41) is 2.87. The minimum Gasteiger partial charge on any atom is -0.338 e. The van der Waals surface area contributed by atoms with Crippen molar-refractivity contribution in [1.29, 1.82) is 0 Å². The normalized spacial score (nSPS) is 10.3. The first-order valence-electron chi connectivity index (χ1n) is 7.89. The van der Waals surface area contributed by atoms with Gasteiger partial charge in [-0.25, -0.2) is 14.4 Å². The van der Waals surface area contributed by atoms with Gasteiger partial charge in [0.1, 0.15) is 23.7 Å². The predicted octanol–water partition coefficient (Wildman–Crippen LogP) is 4.03. The lowest BCUT2D eigenvalue weighted by molar-refractivity contribution is 0.0983. The van der Waals surface area contributed by atoms with Crippen molar-refractivity contribution in [2.75, 3.05) is 16.8 Å². The number of carbonyl (C=O) groups is 1. The largest absolute Gasteiger partial charge is 0.338 e. The van der Waals surface area contributed by atoms with Crippen molar-refractivity contribution in [3.05, 3.63) is 78.5 Å². The summed E-state index contributed by atoms with van der Waals surface area (Å²) in [7, 11) is 0. The maximum Gasteiger partial charge on any atom is 0.277 e. The lowest BCUT2D eigenvalue weighted by Crippen LogP contribution is -2.31. The molecule has 0 fully saturated rings. The van der Waals surface area contributed by atoms with Crippen molar-refractivity contribution in [2.45, 2.75) is 6.92 Å². The van der Waals surface area contributed by atoms with Crippen LogP contribution in [0.2, 0.25) is 0 Å². The second kappa shape index (κ2) is 7.53. The third kappa shape index (κ3) is 3.80. The maximum atomic E-state index is 13.8. The van der Waals surface area contributed by atoms with Crippen molar-refractivity contribution in [3.63, 3.8) is 0 Å². The topological polar surface area (TPSA) is 58.1 Å². The standard InChI is InChI=1S/C19H17FN4O/c1-2-24(14-8-4-3-5-9-14)19(25)17-12-18(22-13-21-17)23-16-11-7-6-10-15(16)20/h3-13H,2H2,1H3,(H,21,22,23). The summed E-state index contributed by atoms with van der Waals surface area (Å²) in [6, 6.07) is 17.1. The van der Waals surface area contributed by atoms with Gasteiger partial charge in [0.15, 0.2) is 0 Å². The first kappa shape index (κ1) is 16.6. The van der Waals surface area contributed by atoms with E-state index in [9.17, 15) is 9.18 Å². The number of benzene rings is 2. The average molecular weight is 336 g/mol. The Bertz CT molecular complexity index is 870. The van der Waals surface area contributed by atoms with E-state index in [2.05, 4.69) is 15.3 Å². The molecule has 0 radical (unpaired) electrons. The summed E-state index contributed by atoms with van der Waals surface area (Å²) in [4.78, 5) is 22.5. The zero-order chi connectivity index (χ0) is 17.6. The van der Waals surface area contributed by atoms with E-state index in [-0.39, 0.29) is 17.3 Å². The number of hydrogen-bond acceptors (Lipinski definition) is 4. The molecule has 2 aromatic carbocycles. The number of nitrogens with zero attached hydrogens (tertiary/aromatic N) is 3. The molecule has 3 aromatic rings. The van der Waals surface area contributed by atoms with Gasteiger partial charge in [0.2, 0.25) is 0 Å². The molecule has 0 saturated heterocycles. The fourth-order valence-corrected chi connectivity index (χ4v) is 2.43. The first-order chi connectivity index (χ1) is 12.2. The molecule has 1 N–H and O–H groups in total. The molecular weight excluding hydrogens is 319 g/mol. The van der Waals surface area contributed by atoms with Crippen LogP contribution in [0.1, 0.15) is 17.4 Å². The van der Waals surface area contributed by atoms with Crippen molar-refractivity contribution in [3.8, 4) is 0 Å². The van der Waals surface area contributed by atoms with Crippen LogP contribution >= 0.6 is 0 Å². The van der Waals surface area contributed by atoms with Gasteiger partial charge < -0.3 is 10.2 Å². The SMILES string of the molecule is CCN(C(=O)c1cc(Nc2ccccc2F)ncn1)c1ccccc1. The van der Waals surface area contributed by atoms with E-state index in [1.807, 2.05) is 37.3 Å². The van der Waals surface area contributed by atoms with E-state index in [1.54, 1.807) is 23.1 Å². The Kier molecular flexibility index (Phi) is 4.99. The number of anilines is 3. The average Bonchev–Trinajstić information content (AvgIpc) is 2.65. The van der Waals surface area contributed by atoms with Crippen LogP contribution in [-0.2, 0) is 0 Å². The highest BCUT2D eigenvalue weighted by Gasteiger charge is 2.18. The summed E-state index contributed by atoms with van der Waals surface area (Å²) in [5.41, 5.74) is 1.31. The molecule has 0 saturated carbocycles. The van der Waals surface area contributed by atoms with Gasteiger partial charge in [-0.2, -0.15) is 0 Å². The minimum absolute atomic E-state index is 0.236. The third-order valence-electron chi connectivity index (χ3n) is 3.65. The number of aromatic nitrogens is 2. The molecule has 5 nitrogen and oxygen atoms in total. The van der Waals surface area contributed by atoms with E-state index < -0.39 is 5.82 Å². The van der Waals surface area contributed by atoms with Crippen molar-refractivity contribution < 1.29 is 9.18 Å². The van der Waals surface area contributed by atoms with Gasteiger partial charge in [-0.3, -0.25) is 4.79 Å². The van der Waals surface area contributed by atoms with E-state index >= 15 is 0 Å². The lowest BCUT2D eigenvalue weighted by Gasteiger charge is -2.20. The van der Waals surface area contributed by atoms with Gasteiger partial charge >= 0.3 is 0 Å². The van der Waals surface area contributed by atoms with E-state index in [1.165, 1.54) is 18.5 Å². The molecule has 126 valence electrons. The van der Waals surface area contributed by atoms with Crippen LogP contribution in [-0.4, -0.2) is 22.4 Å². The van der Waals surface area contributed by atoms with E-state index in [0.717, 1.165) is 5.69 Å². The molecule has 25 heavy (non-hydrogen) atoms. The maximum absolute atomic E-state index is 13.8. The van der Waals surface area contributed by atoms with Crippen LogP contribution in [0, 0.1) is 5.82 Å². The second-order valence-electron chi connectivity index (χ2n) is 5.28. The number of hydrogen-bond donors (Lipinski definition) is 1. The van der Waals surface area contributed by atoms with Crippen molar-refractivity contribution >= 4 is 23.1 Å². The summed E-state index contributed by atoms with van der Waals surface area (Å²) in [6.45, 7) is 2.40. The van der Waals surface area contributed by atoms with Gasteiger partial charge in [-0.1, -0.05) is 30.3 Å². The number of para-hydroxylation sites is 2. The Morgan fingerprint density at radius 3 is 2.52 bits per heavy atom. The molecule has 0 atom stereocenters. The molecule has 1 aromatic heterocycles. The van der Waals surface area contributed by atoms with Crippen molar-refractivity contribution in [1.82, 2.24) is 9.97 Å². The molecule has 0 spiro atoms. The Hall–Kier alpha value is -3.28. The quantitative estimate of drug-likeness (QED) is 0.764. The van der Waals surface area contributed by atoms with Gasteiger partial charge in [-0.05, 0) is 31.2 Å².